The van der Waals surface area contributed by atoms with Crippen LogP contribution >= 0.6 is 0 Å². The van der Waals surface area contributed by atoms with E-state index in [-0.39, 0.29) is 11.9 Å². The van der Waals surface area contributed by atoms with Crippen LogP contribution in [0.15, 0.2) is 0 Å². The van der Waals surface area contributed by atoms with Crippen molar-refractivity contribution >= 4 is 5.91 Å². The van der Waals surface area contributed by atoms with Crippen molar-refractivity contribution < 1.29 is 9.53 Å². The van der Waals surface area contributed by atoms with E-state index in [1.54, 1.807) is 0 Å². The van der Waals surface area contributed by atoms with Crippen LogP contribution in [0.4, 0.5) is 0 Å². The van der Waals surface area contributed by atoms with Crippen LogP contribution in [0.1, 0.15) is 33.6 Å². The SMILES string of the molecule is CC(C)CCOCCN1CC(N)C(C)CC1=O. The van der Waals surface area contributed by atoms with E-state index in [0.717, 1.165) is 13.0 Å². The number of piperidine rings is 1. The predicted molar refractivity (Wildman–Crippen MR) is 68.6 cm³/mol. The standard InChI is InChI=1S/C13H26N2O2/c1-10(2)4-6-17-7-5-15-9-12(14)11(3)8-13(15)16/h10-12H,4-9,14H2,1-3H3. The van der Waals surface area contributed by atoms with Crippen molar-refractivity contribution in [3.63, 3.8) is 0 Å². The Morgan fingerprint density at radius 3 is 2.82 bits per heavy atom. The lowest BCUT2D eigenvalue weighted by atomic mass is 9.94. The molecule has 0 saturated carbocycles. The fourth-order valence-electron chi connectivity index (χ4n) is 1.90. The van der Waals surface area contributed by atoms with Gasteiger partial charge in [0, 0.05) is 32.2 Å². The second-order valence-electron chi connectivity index (χ2n) is 5.48. The fraction of sp³-hybridized carbons (Fsp3) is 0.923. The van der Waals surface area contributed by atoms with Crippen molar-refractivity contribution in [2.24, 2.45) is 17.6 Å². The Morgan fingerprint density at radius 2 is 2.18 bits per heavy atom. The molecule has 1 aliphatic rings. The van der Waals surface area contributed by atoms with Crippen LogP contribution in [0.2, 0.25) is 0 Å². The highest BCUT2D eigenvalue weighted by atomic mass is 16.5. The lowest BCUT2D eigenvalue weighted by Gasteiger charge is -2.34. The molecule has 1 aliphatic heterocycles. The molecule has 17 heavy (non-hydrogen) atoms. The molecule has 1 amide bonds. The van der Waals surface area contributed by atoms with Gasteiger partial charge in [0.25, 0.3) is 0 Å². The number of carbonyl (C=O) groups is 1. The van der Waals surface area contributed by atoms with Crippen LogP contribution in [-0.4, -0.2) is 43.2 Å². The molecule has 0 aromatic carbocycles. The van der Waals surface area contributed by atoms with Crippen LogP contribution < -0.4 is 5.73 Å². The number of nitrogens with zero attached hydrogens (tertiary/aromatic N) is 1. The zero-order valence-electron chi connectivity index (χ0n) is 11.3. The monoisotopic (exact) mass is 242 g/mol. The summed E-state index contributed by atoms with van der Waals surface area (Å²) in [5, 5.41) is 0. The molecule has 100 valence electrons. The normalized spacial score (nSPS) is 25.7. The summed E-state index contributed by atoms with van der Waals surface area (Å²) < 4.78 is 5.52. The zero-order chi connectivity index (χ0) is 12.8. The summed E-state index contributed by atoms with van der Waals surface area (Å²) in [6, 6.07) is 0.114. The smallest absolute Gasteiger partial charge is 0.223 e. The molecule has 0 aliphatic carbocycles. The molecule has 1 rings (SSSR count). The van der Waals surface area contributed by atoms with Crippen LogP contribution in [0.5, 0.6) is 0 Å². The molecule has 0 aromatic rings. The maximum absolute atomic E-state index is 11.7. The van der Waals surface area contributed by atoms with Crippen LogP contribution in [-0.2, 0) is 9.53 Å². The average molecular weight is 242 g/mol. The third kappa shape index (κ3) is 5.04. The molecule has 4 heteroatoms. The molecular weight excluding hydrogens is 216 g/mol. The maximum atomic E-state index is 11.7. The van der Waals surface area contributed by atoms with Gasteiger partial charge in [-0.2, -0.15) is 0 Å². The second-order valence-corrected chi connectivity index (χ2v) is 5.48. The van der Waals surface area contributed by atoms with E-state index in [4.69, 9.17) is 10.5 Å². The van der Waals surface area contributed by atoms with Gasteiger partial charge in [0.05, 0.1) is 6.61 Å². The summed E-state index contributed by atoms with van der Waals surface area (Å²) in [6.07, 6.45) is 1.65. The first kappa shape index (κ1) is 14.5. The Bertz CT molecular complexity index is 244. The van der Waals surface area contributed by atoms with Crippen LogP contribution in [0.25, 0.3) is 0 Å². The van der Waals surface area contributed by atoms with Crippen molar-refractivity contribution in [2.75, 3.05) is 26.3 Å². The van der Waals surface area contributed by atoms with Crippen molar-refractivity contribution in [1.82, 2.24) is 4.90 Å². The van der Waals surface area contributed by atoms with Crippen LogP contribution in [0.3, 0.4) is 0 Å². The topological polar surface area (TPSA) is 55.6 Å². The Labute approximate surface area is 104 Å². The predicted octanol–water partition coefficient (Wildman–Crippen LogP) is 1.24. The van der Waals surface area contributed by atoms with E-state index in [1.165, 1.54) is 0 Å². The van der Waals surface area contributed by atoms with Gasteiger partial charge >= 0.3 is 0 Å². The third-order valence-electron chi connectivity index (χ3n) is 3.36. The second kappa shape index (κ2) is 6.97. The van der Waals surface area contributed by atoms with Gasteiger partial charge < -0.3 is 15.4 Å². The van der Waals surface area contributed by atoms with Crippen molar-refractivity contribution in [1.29, 1.82) is 0 Å². The Kier molecular flexibility index (Phi) is 5.92. The molecule has 2 atom stereocenters. The van der Waals surface area contributed by atoms with E-state index in [2.05, 4.69) is 13.8 Å². The number of hydrogen-bond donors (Lipinski definition) is 1. The lowest BCUT2D eigenvalue weighted by Crippen LogP contribution is -2.51. The van der Waals surface area contributed by atoms with Gasteiger partial charge in [-0.15, -0.1) is 0 Å². The van der Waals surface area contributed by atoms with Gasteiger partial charge in [-0.25, -0.2) is 0 Å². The molecule has 1 heterocycles. The Morgan fingerprint density at radius 1 is 1.47 bits per heavy atom. The zero-order valence-corrected chi connectivity index (χ0v) is 11.3. The number of amides is 1. The summed E-state index contributed by atoms with van der Waals surface area (Å²) in [7, 11) is 0. The summed E-state index contributed by atoms with van der Waals surface area (Å²) in [4.78, 5) is 13.6. The molecular formula is C13H26N2O2. The minimum absolute atomic E-state index is 0.114. The molecule has 1 fully saturated rings. The first-order chi connectivity index (χ1) is 8.00. The van der Waals surface area contributed by atoms with E-state index in [9.17, 15) is 4.79 Å². The molecule has 0 radical (unpaired) electrons. The number of hydrogen-bond acceptors (Lipinski definition) is 3. The highest BCUT2D eigenvalue weighted by molar-refractivity contribution is 5.77. The first-order valence-corrected chi connectivity index (χ1v) is 6.61. The minimum atomic E-state index is 0.114. The first-order valence-electron chi connectivity index (χ1n) is 6.61. The summed E-state index contributed by atoms with van der Waals surface area (Å²) in [6.45, 7) is 9.15. The average Bonchev–Trinajstić information content (AvgIpc) is 2.24. The summed E-state index contributed by atoms with van der Waals surface area (Å²) in [5.41, 5.74) is 5.97. The Hall–Kier alpha value is -0.610. The summed E-state index contributed by atoms with van der Waals surface area (Å²) in [5.74, 6) is 1.19. The quantitative estimate of drug-likeness (QED) is 0.713. The van der Waals surface area contributed by atoms with E-state index >= 15 is 0 Å². The lowest BCUT2D eigenvalue weighted by molar-refractivity contribution is -0.136. The van der Waals surface area contributed by atoms with E-state index in [0.29, 0.717) is 38.0 Å². The summed E-state index contributed by atoms with van der Waals surface area (Å²) >= 11 is 0. The molecule has 0 spiro atoms. The molecule has 2 unspecified atom stereocenters. The maximum Gasteiger partial charge on any atom is 0.223 e. The van der Waals surface area contributed by atoms with Crippen LogP contribution in [0, 0.1) is 11.8 Å². The van der Waals surface area contributed by atoms with Gasteiger partial charge in [-0.05, 0) is 18.3 Å². The molecule has 1 saturated heterocycles. The van der Waals surface area contributed by atoms with Gasteiger partial charge in [-0.1, -0.05) is 20.8 Å². The van der Waals surface area contributed by atoms with Crippen molar-refractivity contribution in [3.05, 3.63) is 0 Å². The highest BCUT2D eigenvalue weighted by Gasteiger charge is 2.28. The van der Waals surface area contributed by atoms with Gasteiger partial charge in [0.15, 0.2) is 0 Å². The number of ether oxygens (including phenoxy) is 1. The highest BCUT2D eigenvalue weighted by Crippen LogP contribution is 2.16. The van der Waals surface area contributed by atoms with Crippen molar-refractivity contribution in [3.8, 4) is 0 Å². The van der Waals surface area contributed by atoms with Gasteiger partial charge in [0.2, 0.25) is 5.91 Å². The molecule has 0 bridgehead atoms. The molecule has 0 aromatic heterocycles. The van der Waals surface area contributed by atoms with E-state index < -0.39 is 0 Å². The molecule has 4 nitrogen and oxygen atoms in total. The number of carbonyl (C=O) groups excluding carboxylic acids is 1. The Balaban J connectivity index is 2.16. The van der Waals surface area contributed by atoms with Gasteiger partial charge in [0.1, 0.15) is 0 Å². The van der Waals surface area contributed by atoms with Gasteiger partial charge in [-0.3, -0.25) is 4.79 Å². The minimum Gasteiger partial charge on any atom is -0.380 e. The number of rotatable bonds is 6. The fourth-order valence-corrected chi connectivity index (χ4v) is 1.90. The third-order valence-corrected chi connectivity index (χ3v) is 3.36. The van der Waals surface area contributed by atoms with E-state index in [1.807, 2.05) is 11.8 Å². The van der Waals surface area contributed by atoms with Crippen molar-refractivity contribution in [2.45, 2.75) is 39.7 Å². The largest absolute Gasteiger partial charge is 0.380 e. The number of nitrogens with two attached hydrogens (primary N) is 1. The molecule has 2 N–H and O–H groups in total. The number of likely N-dealkylation sites (tertiary alicyclic amines) is 1.